The summed E-state index contributed by atoms with van der Waals surface area (Å²) in [6.07, 6.45) is 0.838. The summed E-state index contributed by atoms with van der Waals surface area (Å²) in [4.78, 5) is 21.3. The Morgan fingerprint density at radius 2 is 2.11 bits per heavy atom. The maximum Gasteiger partial charge on any atom is 0.435 e. The summed E-state index contributed by atoms with van der Waals surface area (Å²) >= 11 is 0. The molecule has 37 heavy (non-hydrogen) atoms. The number of halogens is 3. The summed E-state index contributed by atoms with van der Waals surface area (Å²) < 4.78 is 68.2. The van der Waals surface area contributed by atoms with Crippen LogP contribution in [0.25, 0.3) is 0 Å². The highest BCUT2D eigenvalue weighted by molar-refractivity contribution is 7.84. The third kappa shape index (κ3) is 6.51. The lowest BCUT2D eigenvalue weighted by Crippen LogP contribution is -2.24. The Kier molecular flexibility index (Phi) is 7.36. The van der Waals surface area contributed by atoms with E-state index in [0.29, 0.717) is 12.1 Å². The molecule has 12 nitrogen and oxygen atoms in total. The number of alkyl halides is 3. The summed E-state index contributed by atoms with van der Waals surface area (Å²) in [5.41, 5.74) is -0.282. The molecule has 1 fully saturated rings. The van der Waals surface area contributed by atoms with Gasteiger partial charge in [-0.3, -0.25) is 13.7 Å². The van der Waals surface area contributed by atoms with Crippen LogP contribution in [0, 0.1) is 5.92 Å². The molecule has 1 aliphatic rings. The van der Waals surface area contributed by atoms with Crippen LogP contribution in [0.4, 0.5) is 19.0 Å². The summed E-state index contributed by atoms with van der Waals surface area (Å²) in [5.74, 6) is -0.689. The van der Waals surface area contributed by atoms with Crippen molar-refractivity contribution in [3.05, 3.63) is 59.6 Å². The number of aliphatic hydroxyl groups excluding tert-OH is 1. The van der Waals surface area contributed by atoms with Crippen molar-refractivity contribution >= 4 is 21.9 Å². The molecule has 1 aliphatic carbocycles. The molecule has 0 saturated heterocycles. The van der Waals surface area contributed by atoms with E-state index in [1.807, 2.05) is 0 Å². The Morgan fingerprint density at radius 1 is 1.35 bits per heavy atom. The van der Waals surface area contributed by atoms with Gasteiger partial charge in [-0.1, -0.05) is 0 Å². The van der Waals surface area contributed by atoms with Gasteiger partial charge < -0.3 is 15.0 Å². The van der Waals surface area contributed by atoms with Gasteiger partial charge in [-0.25, -0.2) is 15.1 Å². The Morgan fingerprint density at radius 3 is 2.78 bits per heavy atom. The van der Waals surface area contributed by atoms with Crippen LogP contribution in [0.15, 0.2) is 37.1 Å². The number of ketones is 1. The molecule has 3 atom stereocenters. The van der Waals surface area contributed by atoms with E-state index in [0.717, 1.165) is 10.7 Å². The summed E-state index contributed by atoms with van der Waals surface area (Å²) in [6.45, 7) is -0.215. The van der Waals surface area contributed by atoms with Crippen molar-refractivity contribution in [2.75, 3.05) is 11.9 Å². The minimum atomic E-state index is -4.56. The molecule has 16 heteroatoms. The van der Waals surface area contributed by atoms with Gasteiger partial charge in [0.15, 0.2) is 11.5 Å². The molecule has 200 valence electrons. The Bertz CT molecular complexity index is 1390. The van der Waals surface area contributed by atoms with Crippen LogP contribution in [-0.2, 0) is 34.3 Å². The fourth-order valence-corrected chi connectivity index (χ4v) is 4.56. The third-order valence-electron chi connectivity index (χ3n) is 6.03. The number of hydrogen-bond acceptors (Lipinski definition) is 9. The van der Waals surface area contributed by atoms with Gasteiger partial charge in [0.1, 0.15) is 12.1 Å². The van der Waals surface area contributed by atoms with Crippen LogP contribution in [0.3, 0.4) is 0 Å². The molecule has 0 bridgehead atoms. The van der Waals surface area contributed by atoms with Crippen LogP contribution >= 0.6 is 0 Å². The molecular formula is C21H24F3N7O5S. The van der Waals surface area contributed by atoms with E-state index in [2.05, 4.69) is 24.6 Å². The van der Waals surface area contributed by atoms with Crippen molar-refractivity contribution in [2.24, 2.45) is 18.1 Å². The van der Waals surface area contributed by atoms with Gasteiger partial charge >= 0.3 is 16.5 Å². The monoisotopic (exact) mass is 543 g/mol. The van der Waals surface area contributed by atoms with Crippen LogP contribution in [0.5, 0.6) is 0 Å². The zero-order chi connectivity index (χ0) is 27.0. The average Bonchev–Trinajstić information content (AvgIpc) is 3.51. The topological polar surface area (TPSA) is 167 Å². The van der Waals surface area contributed by atoms with Gasteiger partial charge in [-0.05, 0) is 25.0 Å². The smallest absolute Gasteiger partial charge is 0.393 e. The van der Waals surface area contributed by atoms with Crippen LogP contribution in [0.1, 0.15) is 40.2 Å². The predicted molar refractivity (Wildman–Crippen MR) is 122 cm³/mol. The number of hydrogen-bond donors (Lipinski definition) is 3. The van der Waals surface area contributed by atoms with Gasteiger partial charge in [0, 0.05) is 43.2 Å². The maximum atomic E-state index is 13.2. The van der Waals surface area contributed by atoms with E-state index >= 15 is 0 Å². The van der Waals surface area contributed by atoms with E-state index in [9.17, 15) is 31.5 Å². The number of aryl methyl sites for hydroxylation is 1. The molecule has 3 heterocycles. The number of aliphatic hydroxyl groups is 1. The second-order valence-corrected chi connectivity index (χ2v) is 9.97. The van der Waals surface area contributed by atoms with Crippen molar-refractivity contribution in [1.82, 2.24) is 24.3 Å². The van der Waals surface area contributed by atoms with Crippen LogP contribution < -0.4 is 10.5 Å². The minimum Gasteiger partial charge on any atom is -0.393 e. The number of aromatic nitrogens is 5. The lowest BCUT2D eigenvalue weighted by molar-refractivity contribution is -0.141. The minimum absolute atomic E-state index is 0.0607. The Hall–Kier alpha value is -3.34. The van der Waals surface area contributed by atoms with Gasteiger partial charge in [0.05, 0.1) is 30.5 Å². The SMILES string of the molecule is Cn1nc(C(F)(F)F)cc1Cn1ccc(C(=O)c2cncnc2N[C@@H]2C[C@H](COS(N)(=O)=O)[C@@H](O)C2)c1. The number of anilines is 1. The number of rotatable bonds is 9. The number of carbonyl (C=O) groups excluding carboxylic acids is 1. The molecule has 4 rings (SSSR count). The van der Waals surface area contributed by atoms with Crippen molar-refractivity contribution in [2.45, 2.75) is 37.7 Å². The van der Waals surface area contributed by atoms with Crippen LogP contribution in [0.2, 0.25) is 0 Å². The maximum absolute atomic E-state index is 13.2. The van der Waals surface area contributed by atoms with Crippen molar-refractivity contribution in [3.63, 3.8) is 0 Å². The lowest BCUT2D eigenvalue weighted by atomic mass is 10.1. The van der Waals surface area contributed by atoms with E-state index in [4.69, 9.17) is 5.14 Å². The molecule has 4 N–H and O–H groups in total. The first-order valence-electron chi connectivity index (χ1n) is 11.0. The molecule has 0 radical (unpaired) electrons. The number of nitrogens with two attached hydrogens (primary N) is 1. The van der Waals surface area contributed by atoms with Crippen LogP contribution in [-0.4, -0.2) is 62.4 Å². The second-order valence-electron chi connectivity index (χ2n) is 8.75. The first-order valence-corrected chi connectivity index (χ1v) is 12.5. The molecule has 3 aromatic heterocycles. The number of carbonyl (C=O) groups is 1. The van der Waals surface area contributed by atoms with E-state index < -0.39 is 40.0 Å². The normalized spacial score (nSPS) is 20.3. The van der Waals surface area contributed by atoms with Gasteiger partial charge in [0.2, 0.25) is 0 Å². The quantitative estimate of drug-likeness (QED) is 0.335. The Labute approximate surface area is 209 Å². The third-order valence-corrected chi connectivity index (χ3v) is 6.49. The van der Waals surface area contributed by atoms with Crippen molar-refractivity contribution < 1.29 is 35.7 Å². The van der Waals surface area contributed by atoms with Gasteiger partial charge in [-0.2, -0.15) is 26.7 Å². The largest absolute Gasteiger partial charge is 0.435 e. The molecule has 0 amide bonds. The fourth-order valence-electron chi connectivity index (χ4n) is 4.19. The number of nitrogens with zero attached hydrogens (tertiary/aromatic N) is 5. The molecular weight excluding hydrogens is 519 g/mol. The highest BCUT2D eigenvalue weighted by atomic mass is 32.2. The molecule has 0 spiro atoms. The fraction of sp³-hybridized carbons (Fsp3) is 0.429. The highest BCUT2D eigenvalue weighted by Crippen LogP contribution is 2.30. The standard InChI is InChI=1S/C21H24F3N7O5S/c1-30-15(6-18(29-30)21(22,23)24)9-31-3-2-12(8-31)19(33)16-7-26-11-27-20(16)28-14-4-13(17(32)5-14)10-36-37(25,34)35/h2-3,6-8,11,13-14,17,32H,4-5,9-10H2,1H3,(H2,25,34,35)(H,26,27,28)/t13-,14-,17+/m1/s1. The zero-order valence-electron chi connectivity index (χ0n) is 19.5. The molecule has 0 unspecified atom stereocenters. The van der Waals surface area contributed by atoms with Gasteiger partial charge in [-0.15, -0.1) is 0 Å². The average molecular weight is 544 g/mol. The van der Waals surface area contributed by atoms with Gasteiger partial charge in [0.25, 0.3) is 0 Å². The van der Waals surface area contributed by atoms with E-state index in [1.165, 1.54) is 31.8 Å². The molecule has 1 saturated carbocycles. The van der Waals surface area contributed by atoms with E-state index in [-0.39, 0.29) is 42.6 Å². The lowest BCUT2D eigenvalue weighted by Gasteiger charge is -2.15. The second kappa shape index (κ2) is 10.2. The summed E-state index contributed by atoms with van der Waals surface area (Å²) in [5, 5.41) is 21.7. The molecule has 0 aromatic carbocycles. The van der Waals surface area contributed by atoms with Crippen molar-refractivity contribution in [3.8, 4) is 0 Å². The number of nitrogens with one attached hydrogen (secondary N) is 1. The Balaban J connectivity index is 1.45. The summed E-state index contributed by atoms with van der Waals surface area (Å²) in [6, 6.07) is 2.15. The highest BCUT2D eigenvalue weighted by Gasteiger charge is 2.35. The molecule has 3 aromatic rings. The van der Waals surface area contributed by atoms with Crippen molar-refractivity contribution in [1.29, 1.82) is 0 Å². The summed E-state index contributed by atoms with van der Waals surface area (Å²) in [7, 11) is -2.73. The zero-order valence-corrected chi connectivity index (χ0v) is 20.3. The first-order chi connectivity index (χ1) is 17.3. The first kappa shape index (κ1) is 26.7. The van der Waals surface area contributed by atoms with E-state index in [1.54, 1.807) is 10.8 Å². The molecule has 0 aliphatic heterocycles. The predicted octanol–water partition coefficient (Wildman–Crippen LogP) is 1.08.